The number of hydrogen-bond donors (Lipinski definition) is 1. The van der Waals surface area contributed by atoms with Crippen molar-refractivity contribution in [2.24, 2.45) is 0 Å². The van der Waals surface area contributed by atoms with Gasteiger partial charge in [-0.2, -0.15) is 0 Å². The number of anilines is 1. The molecule has 0 atom stereocenters. The molecule has 0 saturated carbocycles. The third kappa shape index (κ3) is 7.33. The first-order valence-electron chi connectivity index (χ1n) is 10.9. The maximum Gasteiger partial charge on any atom is 0.266 e. The van der Waals surface area contributed by atoms with Crippen molar-refractivity contribution in [3.63, 3.8) is 0 Å². The standard InChI is InChI=1S/C25H28N2O4S2/c1-3-31-21-14-10-19(11-15-21)26-23(28)7-5-4-6-16-27-24(29)22(33-25(27)32)17-18-8-12-20(30-2)13-9-18/h8-15,17H,3-7,16H2,1-2H3,(H,26,28). The van der Waals surface area contributed by atoms with Crippen LogP contribution in [0.25, 0.3) is 6.08 Å². The molecule has 1 saturated heterocycles. The summed E-state index contributed by atoms with van der Waals surface area (Å²) in [7, 11) is 1.62. The topological polar surface area (TPSA) is 67.9 Å². The minimum atomic E-state index is -0.0611. The molecule has 2 aromatic carbocycles. The monoisotopic (exact) mass is 484 g/mol. The van der Waals surface area contributed by atoms with E-state index < -0.39 is 0 Å². The van der Waals surface area contributed by atoms with Crippen molar-refractivity contribution in [1.29, 1.82) is 0 Å². The van der Waals surface area contributed by atoms with Gasteiger partial charge in [0.05, 0.1) is 18.6 Å². The van der Waals surface area contributed by atoms with Crippen LogP contribution in [-0.4, -0.2) is 41.3 Å². The number of thiocarbonyl (C=S) groups is 1. The SMILES string of the molecule is CCOc1ccc(NC(=O)CCCCCN2C(=O)C(=Cc3ccc(OC)cc3)SC2=S)cc1. The number of carbonyl (C=O) groups excluding carboxylic acids is 2. The summed E-state index contributed by atoms with van der Waals surface area (Å²) in [5.74, 6) is 1.47. The molecule has 1 N–H and O–H groups in total. The van der Waals surface area contributed by atoms with E-state index in [1.54, 1.807) is 12.0 Å². The maximum atomic E-state index is 12.7. The number of hydrogen-bond acceptors (Lipinski definition) is 6. The Morgan fingerprint density at radius 1 is 1.06 bits per heavy atom. The molecular formula is C25H28N2O4S2. The third-order valence-corrected chi connectivity index (χ3v) is 6.40. The van der Waals surface area contributed by atoms with Gasteiger partial charge in [-0.3, -0.25) is 14.5 Å². The molecule has 0 spiro atoms. The second kappa shape index (κ2) is 12.4. The number of benzene rings is 2. The molecule has 1 heterocycles. The Hall–Kier alpha value is -2.84. The highest BCUT2D eigenvalue weighted by molar-refractivity contribution is 8.26. The van der Waals surface area contributed by atoms with Gasteiger partial charge in [-0.05, 0) is 67.8 Å². The molecular weight excluding hydrogens is 456 g/mol. The molecule has 33 heavy (non-hydrogen) atoms. The number of nitrogens with zero attached hydrogens (tertiary/aromatic N) is 1. The van der Waals surface area contributed by atoms with Gasteiger partial charge in [0, 0.05) is 18.7 Å². The number of carbonyl (C=O) groups is 2. The largest absolute Gasteiger partial charge is 0.497 e. The molecule has 2 aromatic rings. The summed E-state index contributed by atoms with van der Waals surface area (Å²) in [6.07, 6.45) is 4.66. The Kier molecular flexibility index (Phi) is 9.33. The molecule has 0 aromatic heterocycles. The van der Waals surface area contributed by atoms with Gasteiger partial charge in [0.25, 0.3) is 5.91 Å². The first-order valence-corrected chi connectivity index (χ1v) is 12.1. The average Bonchev–Trinajstić information content (AvgIpc) is 3.08. The zero-order chi connectivity index (χ0) is 23.6. The van der Waals surface area contributed by atoms with Gasteiger partial charge in [-0.15, -0.1) is 0 Å². The summed E-state index contributed by atoms with van der Waals surface area (Å²) in [6.45, 7) is 3.10. The Morgan fingerprint density at radius 2 is 1.76 bits per heavy atom. The molecule has 174 valence electrons. The van der Waals surface area contributed by atoms with E-state index in [1.807, 2.05) is 61.5 Å². The van der Waals surface area contributed by atoms with E-state index in [2.05, 4.69) is 5.32 Å². The number of rotatable bonds is 11. The van der Waals surface area contributed by atoms with Crippen LogP contribution in [0.1, 0.15) is 38.2 Å². The molecule has 8 heteroatoms. The van der Waals surface area contributed by atoms with Gasteiger partial charge in [-0.1, -0.05) is 42.5 Å². The van der Waals surface area contributed by atoms with Crippen LogP contribution >= 0.6 is 24.0 Å². The van der Waals surface area contributed by atoms with E-state index in [4.69, 9.17) is 21.7 Å². The van der Waals surface area contributed by atoms with E-state index in [0.717, 1.165) is 42.0 Å². The quantitative estimate of drug-likeness (QED) is 0.258. The lowest BCUT2D eigenvalue weighted by Gasteiger charge is -2.14. The highest BCUT2D eigenvalue weighted by Gasteiger charge is 2.31. The van der Waals surface area contributed by atoms with Crippen molar-refractivity contribution in [2.75, 3.05) is 25.6 Å². The van der Waals surface area contributed by atoms with E-state index in [1.165, 1.54) is 11.8 Å². The lowest BCUT2D eigenvalue weighted by Crippen LogP contribution is -2.29. The molecule has 6 nitrogen and oxygen atoms in total. The smallest absolute Gasteiger partial charge is 0.266 e. The van der Waals surface area contributed by atoms with Gasteiger partial charge >= 0.3 is 0 Å². The summed E-state index contributed by atoms with van der Waals surface area (Å²) in [5.41, 5.74) is 1.68. The number of amides is 2. The van der Waals surface area contributed by atoms with Crippen molar-refractivity contribution in [3.8, 4) is 11.5 Å². The zero-order valence-electron chi connectivity index (χ0n) is 18.8. The van der Waals surface area contributed by atoms with E-state index in [0.29, 0.717) is 28.8 Å². The predicted molar refractivity (Wildman–Crippen MR) is 138 cm³/mol. The van der Waals surface area contributed by atoms with E-state index in [9.17, 15) is 9.59 Å². The van der Waals surface area contributed by atoms with Crippen LogP contribution in [0.5, 0.6) is 11.5 Å². The van der Waals surface area contributed by atoms with Gasteiger partial charge in [0.1, 0.15) is 15.8 Å². The minimum absolute atomic E-state index is 0.0211. The first kappa shape index (κ1) is 24.8. The fourth-order valence-corrected chi connectivity index (χ4v) is 4.61. The van der Waals surface area contributed by atoms with Crippen LogP contribution in [0.3, 0.4) is 0 Å². The number of nitrogens with one attached hydrogen (secondary N) is 1. The van der Waals surface area contributed by atoms with Crippen LogP contribution < -0.4 is 14.8 Å². The van der Waals surface area contributed by atoms with Gasteiger partial charge in [0.15, 0.2) is 0 Å². The second-order valence-corrected chi connectivity index (χ2v) is 9.10. The zero-order valence-corrected chi connectivity index (χ0v) is 20.5. The Balaban J connectivity index is 1.39. The number of ether oxygens (including phenoxy) is 2. The molecule has 1 aliphatic heterocycles. The Labute approximate surface area is 204 Å². The van der Waals surface area contributed by atoms with Crippen LogP contribution in [0.4, 0.5) is 5.69 Å². The fourth-order valence-electron chi connectivity index (χ4n) is 3.30. The van der Waals surface area contributed by atoms with Crippen molar-refractivity contribution in [1.82, 2.24) is 4.90 Å². The average molecular weight is 485 g/mol. The summed E-state index contributed by atoms with van der Waals surface area (Å²) in [5, 5.41) is 2.90. The second-order valence-electron chi connectivity index (χ2n) is 7.42. The summed E-state index contributed by atoms with van der Waals surface area (Å²) in [4.78, 5) is 27.2. The molecule has 1 aliphatic rings. The van der Waals surface area contributed by atoms with Crippen molar-refractivity contribution in [3.05, 3.63) is 59.0 Å². The Bertz CT molecular complexity index is 1000. The molecule has 0 bridgehead atoms. The summed E-state index contributed by atoms with van der Waals surface area (Å²) < 4.78 is 11.1. The van der Waals surface area contributed by atoms with Crippen LogP contribution in [0, 0.1) is 0 Å². The van der Waals surface area contributed by atoms with Crippen molar-refractivity contribution < 1.29 is 19.1 Å². The lowest BCUT2D eigenvalue weighted by molar-refractivity contribution is -0.122. The van der Waals surface area contributed by atoms with Gasteiger partial charge < -0.3 is 14.8 Å². The normalized spacial score (nSPS) is 14.6. The number of methoxy groups -OCH3 is 1. The number of thioether (sulfide) groups is 1. The fraction of sp³-hybridized carbons (Fsp3) is 0.320. The van der Waals surface area contributed by atoms with Crippen LogP contribution in [-0.2, 0) is 9.59 Å². The highest BCUT2D eigenvalue weighted by Crippen LogP contribution is 2.33. The molecule has 2 amide bonds. The van der Waals surface area contributed by atoms with E-state index in [-0.39, 0.29) is 11.8 Å². The highest BCUT2D eigenvalue weighted by atomic mass is 32.2. The molecule has 1 fully saturated rings. The van der Waals surface area contributed by atoms with Gasteiger partial charge in [0.2, 0.25) is 5.91 Å². The predicted octanol–water partition coefficient (Wildman–Crippen LogP) is 5.49. The lowest BCUT2D eigenvalue weighted by atomic mass is 10.1. The summed E-state index contributed by atoms with van der Waals surface area (Å²) >= 11 is 6.73. The number of unbranched alkanes of at least 4 members (excludes halogenated alkanes) is 2. The summed E-state index contributed by atoms with van der Waals surface area (Å²) in [6, 6.07) is 14.9. The third-order valence-electron chi connectivity index (χ3n) is 5.02. The Morgan fingerprint density at radius 3 is 2.42 bits per heavy atom. The maximum absolute atomic E-state index is 12.7. The van der Waals surface area contributed by atoms with Gasteiger partial charge in [-0.25, -0.2) is 0 Å². The molecule has 0 aliphatic carbocycles. The van der Waals surface area contributed by atoms with Crippen molar-refractivity contribution >= 4 is 51.9 Å². The van der Waals surface area contributed by atoms with Crippen molar-refractivity contribution in [2.45, 2.75) is 32.6 Å². The molecule has 0 radical (unpaired) electrons. The van der Waals surface area contributed by atoms with Crippen LogP contribution in [0.15, 0.2) is 53.4 Å². The van der Waals surface area contributed by atoms with E-state index >= 15 is 0 Å². The molecule has 0 unspecified atom stereocenters. The first-order chi connectivity index (χ1) is 16.0. The molecule has 3 rings (SSSR count). The minimum Gasteiger partial charge on any atom is -0.497 e. The van der Waals surface area contributed by atoms with Crippen LogP contribution in [0.2, 0.25) is 0 Å².